The number of nitrogens with zero attached hydrogens (tertiary/aromatic N) is 2. The normalized spacial score (nSPS) is 35.6. The number of amides is 1. The molecular weight excluding hydrogens is 156 g/mol. The molecule has 2 atom stereocenters. The van der Waals surface area contributed by atoms with E-state index in [1.54, 1.807) is 0 Å². The van der Waals surface area contributed by atoms with E-state index in [1.165, 1.54) is 6.92 Å². The van der Waals surface area contributed by atoms with Gasteiger partial charge in [0.05, 0.1) is 0 Å². The van der Waals surface area contributed by atoms with Crippen LogP contribution in [0.15, 0.2) is 0 Å². The van der Waals surface area contributed by atoms with E-state index in [9.17, 15) is 4.79 Å². The van der Waals surface area contributed by atoms with Gasteiger partial charge in [0.25, 0.3) is 5.91 Å². The summed E-state index contributed by atoms with van der Waals surface area (Å²) in [6, 6.07) is -0.715. The lowest BCUT2D eigenvalue weighted by atomic mass is 10.3. The van der Waals surface area contributed by atoms with Crippen molar-refractivity contribution in [3.05, 3.63) is 0 Å². The van der Waals surface area contributed by atoms with E-state index in [0.29, 0.717) is 10.1 Å². The minimum Gasteiger partial charge on any atom is -0.310 e. The Morgan fingerprint density at radius 2 is 2.10 bits per heavy atom. The highest BCUT2D eigenvalue weighted by atomic mass is 32.1. The van der Waals surface area contributed by atoms with Crippen LogP contribution in [-0.4, -0.2) is 38.0 Å². The number of carbonyl (C=O) groups is 1. The molecule has 0 radical (unpaired) electrons. The van der Waals surface area contributed by atoms with Crippen molar-refractivity contribution in [2.24, 2.45) is 0 Å². The molecule has 0 aliphatic carbocycles. The van der Waals surface area contributed by atoms with Gasteiger partial charge in [-0.15, -0.1) is 17.7 Å². The van der Waals surface area contributed by atoms with E-state index in [1.807, 2.05) is 0 Å². The van der Waals surface area contributed by atoms with Crippen molar-refractivity contribution < 1.29 is 15.2 Å². The third-order valence-corrected chi connectivity index (χ3v) is 1.89. The van der Waals surface area contributed by atoms with Crippen molar-refractivity contribution >= 4 is 18.5 Å². The van der Waals surface area contributed by atoms with Crippen LogP contribution in [0.4, 0.5) is 0 Å². The second kappa shape index (κ2) is 2.39. The molecule has 0 aromatic carbocycles. The zero-order chi connectivity index (χ0) is 7.89. The lowest BCUT2D eigenvalue weighted by Crippen LogP contribution is -2.31. The third kappa shape index (κ3) is 0.891. The van der Waals surface area contributed by atoms with E-state index in [2.05, 4.69) is 12.6 Å². The smallest absolute Gasteiger partial charge is 0.267 e. The van der Waals surface area contributed by atoms with Crippen molar-refractivity contribution in [1.82, 2.24) is 10.1 Å². The van der Waals surface area contributed by atoms with E-state index in [-0.39, 0.29) is 0 Å². The summed E-state index contributed by atoms with van der Waals surface area (Å²) in [4.78, 5) is 10.8. The van der Waals surface area contributed by atoms with Gasteiger partial charge in [-0.25, -0.2) is 0 Å². The van der Waals surface area contributed by atoms with E-state index >= 15 is 0 Å². The van der Waals surface area contributed by atoms with Gasteiger partial charge in [0.2, 0.25) is 0 Å². The Hall–Kier alpha value is -0.300. The zero-order valence-corrected chi connectivity index (χ0v) is 6.19. The fourth-order valence-electron chi connectivity index (χ4n) is 0.730. The Balaban J connectivity index is 2.78. The first-order chi connectivity index (χ1) is 4.55. The maximum atomic E-state index is 10.8. The van der Waals surface area contributed by atoms with Gasteiger partial charge in [-0.1, -0.05) is 0 Å². The van der Waals surface area contributed by atoms with Gasteiger partial charge in [-0.3, -0.25) is 10.0 Å². The van der Waals surface area contributed by atoms with Crippen molar-refractivity contribution in [2.45, 2.75) is 18.5 Å². The van der Waals surface area contributed by atoms with Gasteiger partial charge < -0.3 is 5.21 Å². The van der Waals surface area contributed by atoms with E-state index in [0.717, 1.165) is 0 Å². The lowest BCUT2D eigenvalue weighted by Gasteiger charge is -2.15. The first-order valence-corrected chi connectivity index (χ1v) is 3.24. The van der Waals surface area contributed by atoms with Gasteiger partial charge in [0.1, 0.15) is 6.04 Å². The standard InChI is InChI=1S/C4H8N2O3S/c1-2-3(7)6(9)4(10)5(2)8/h2,4,8-10H,1H3. The molecule has 1 aliphatic heterocycles. The molecule has 1 aliphatic rings. The van der Waals surface area contributed by atoms with Gasteiger partial charge in [-0.2, -0.15) is 5.06 Å². The Labute approximate surface area is 63.2 Å². The SMILES string of the molecule is CC1C(=O)N(O)C(S)N1O. The minimum atomic E-state index is -0.942. The van der Waals surface area contributed by atoms with Crippen LogP contribution in [0.2, 0.25) is 0 Å². The number of thiol groups is 1. The highest BCUT2D eigenvalue weighted by Crippen LogP contribution is 2.19. The molecule has 6 heteroatoms. The Bertz CT molecular complexity index is 149. The molecule has 1 rings (SSSR count). The maximum Gasteiger partial charge on any atom is 0.267 e. The van der Waals surface area contributed by atoms with Gasteiger partial charge >= 0.3 is 0 Å². The minimum absolute atomic E-state index is 0.383. The molecule has 58 valence electrons. The van der Waals surface area contributed by atoms with Gasteiger partial charge in [0, 0.05) is 0 Å². The molecule has 5 nitrogen and oxygen atoms in total. The number of carbonyl (C=O) groups excluding carboxylic acids is 1. The summed E-state index contributed by atoms with van der Waals surface area (Å²) in [5, 5.41) is 18.8. The Morgan fingerprint density at radius 1 is 1.60 bits per heavy atom. The topological polar surface area (TPSA) is 64.0 Å². The number of rotatable bonds is 0. The van der Waals surface area contributed by atoms with Crippen LogP contribution in [0.1, 0.15) is 6.92 Å². The van der Waals surface area contributed by atoms with Crippen LogP contribution in [0.25, 0.3) is 0 Å². The molecule has 10 heavy (non-hydrogen) atoms. The fourth-order valence-corrected chi connectivity index (χ4v) is 1.04. The number of hydrogen-bond acceptors (Lipinski definition) is 5. The molecule has 1 saturated heterocycles. The maximum absolute atomic E-state index is 10.8. The lowest BCUT2D eigenvalue weighted by molar-refractivity contribution is -0.175. The summed E-state index contributed by atoms with van der Waals surface area (Å²) in [7, 11) is 0. The average Bonchev–Trinajstić information content (AvgIpc) is 2.07. The number of hydrogen-bond donors (Lipinski definition) is 3. The highest BCUT2D eigenvalue weighted by molar-refractivity contribution is 7.80. The molecule has 2 unspecified atom stereocenters. The molecule has 1 amide bonds. The zero-order valence-electron chi connectivity index (χ0n) is 5.30. The molecule has 0 spiro atoms. The molecule has 2 N–H and O–H groups in total. The van der Waals surface area contributed by atoms with Crippen LogP contribution in [-0.2, 0) is 4.79 Å². The average molecular weight is 164 g/mol. The third-order valence-electron chi connectivity index (χ3n) is 1.44. The van der Waals surface area contributed by atoms with Crippen LogP contribution in [0.5, 0.6) is 0 Å². The molecule has 0 aromatic heterocycles. The first-order valence-electron chi connectivity index (χ1n) is 2.73. The predicted octanol–water partition coefficient (Wildman–Crippen LogP) is -0.489. The van der Waals surface area contributed by atoms with E-state index < -0.39 is 17.4 Å². The Morgan fingerprint density at radius 3 is 2.20 bits per heavy atom. The summed E-state index contributed by atoms with van der Waals surface area (Å²) in [5.74, 6) is -0.553. The van der Waals surface area contributed by atoms with Crippen molar-refractivity contribution in [1.29, 1.82) is 0 Å². The van der Waals surface area contributed by atoms with Crippen molar-refractivity contribution in [3.8, 4) is 0 Å². The predicted molar refractivity (Wildman–Crippen MR) is 34.5 cm³/mol. The van der Waals surface area contributed by atoms with Crippen molar-refractivity contribution in [2.75, 3.05) is 0 Å². The monoisotopic (exact) mass is 164 g/mol. The molecule has 0 saturated carbocycles. The summed E-state index contributed by atoms with van der Waals surface area (Å²) in [6.07, 6.45) is 0. The van der Waals surface area contributed by atoms with Crippen LogP contribution < -0.4 is 0 Å². The fraction of sp³-hybridized carbons (Fsp3) is 0.750. The second-order valence-electron chi connectivity index (χ2n) is 2.09. The molecule has 0 aromatic rings. The quantitative estimate of drug-likeness (QED) is 0.334. The summed E-state index contributed by atoms with van der Waals surface area (Å²) < 4.78 is 0. The summed E-state index contributed by atoms with van der Waals surface area (Å²) in [6.45, 7) is 1.47. The molecular formula is C4H8N2O3S. The van der Waals surface area contributed by atoms with Gasteiger partial charge in [0.15, 0.2) is 5.50 Å². The van der Waals surface area contributed by atoms with Gasteiger partial charge in [-0.05, 0) is 6.92 Å². The number of hydroxylamine groups is 4. The van der Waals surface area contributed by atoms with Crippen LogP contribution >= 0.6 is 12.6 Å². The molecule has 1 heterocycles. The second-order valence-corrected chi connectivity index (χ2v) is 2.55. The Kier molecular flexibility index (Phi) is 1.86. The molecule has 0 bridgehead atoms. The molecule has 1 fully saturated rings. The van der Waals surface area contributed by atoms with Crippen molar-refractivity contribution in [3.63, 3.8) is 0 Å². The first kappa shape index (κ1) is 7.80. The van der Waals surface area contributed by atoms with Crippen LogP contribution in [0.3, 0.4) is 0 Å². The van der Waals surface area contributed by atoms with E-state index in [4.69, 9.17) is 10.4 Å². The highest BCUT2D eigenvalue weighted by Gasteiger charge is 2.40. The summed E-state index contributed by atoms with van der Waals surface area (Å²) >= 11 is 3.73. The van der Waals surface area contributed by atoms with Crippen LogP contribution in [0, 0.1) is 0 Å². The largest absolute Gasteiger partial charge is 0.310 e. The summed E-state index contributed by atoms with van der Waals surface area (Å²) in [5.41, 5.74) is -0.942.